The topological polar surface area (TPSA) is 70.9 Å². The Bertz CT molecular complexity index is 930. The fourth-order valence-electron chi connectivity index (χ4n) is 3.02. The first-order valence-corrected chi connectivity index (χ1v) is 8.87. The fraction of sp³-hybridized carbons (Fsp3) is 0.130. The Hall–Kier alpha value is -3.44. The van der Waals surface area contributed by atoms with Gasteiger partial charge in [0.2, 0.25) is 0 Å². The van der Waals surface area contributed by atoms with E-state index < -0.39 is 11.5 Å². The minimum atomic E-state index is -1.85. The third-order valence-corrected chi connectivity index (χ3v) is 4.51. The average Bonchev–Trinajstić information content (AvgIpc) is 2.74. The van der Waals surface area contributed by atoms with E-state index in [1.165, 1.54) is 6.21 Å². The van der Waals surface area contributed by atoms with E-state index >= 15 is 0 Å². The molecule has 0 saturated heterocycles. The second kappa shape index (κ2) is 8.50. The van der Waals surface area contributed by atoms with Gasteiger partial charge in [-0.05, 0) is 47.4 Å². The van der Waals surface area contributed by atoms with Crippen molar-refractivity contribution in [3.05, 3.63) is 101 Å². The lowest BCUT2D eigenvalue weighted by atomic mass is 9.85. The second-order valence-corrected chi connectivity index (χ2v) is 6.37. The van der Waals surface area contributed by atoms with Gasteiger partial charge in [0.25, 0.3) is 5.91 Å². The molecule has 0 fully saturated rings. The molecule has 0 aliphatic rings. The number of benzene rings is 3. The first-order valence-electron chi connectivity index (χ1n) is 8.87. The standard InChI is InChI=1S/C23H22N2O3/c1-17-15-18(13-14-21(17)28-2)16-24-25-22(26)23(27,19-9-5-3-6-10-19)20-11-7-4-8-12-20/h3-16,27H,1-2H3,(H,25,26)/b24-16+. The molecule has 0 atom stereocenters. The Kier molecular flexibility index (Phi) is 5.87. The summed E-state index contributed by atoms with van der Waals surface area (Å²) in [5.74, 6) is 0.148. The maximum atomic E-state index is 12.9. The zero-order chi connectivity index (χ0) is 20.0. The largest absolute Gasteiger partial charge is 0.496 e. The molecule has 0 aliphatic heterocycles. The van der Waals surface area contributed by atoms with Crippen LogP contribution >= 0.6 is 0 Å². The van der Waals surface area contributed by atoms with Gasteiger partial charge in [0.1, 0.15) is 5.75 Å². The number of nitrogens with one attached hydrogen (secondary N) is 1. The molecule has 0 unspecified atom stereocenters. The molecule has 0 heterocycles. The van der Waals surface area contributed by atoms with Crippen LogP contribution in [0.3, 0.4) is 0 Å². The molecule has 0 radical (unpaired) electrons. The zero-order valence-corrected chi connectivity index (χ0v) is 15.8. The Morgan fingerprint density at radius 3 is 2.07 bits per heavy atom. The van der Waals surface area contributed by atoms with Crippen LogP contribution in [0.25, 0.3) is 0 Å². The Balaban J connectivity index is 1.86. The summed E-state index contributed by atoms with van der Waals surface area (Å²) in [5, 5.41) is 15.4. The van der Waals surface area contributed by atoms with Crippen LogP contribution in [0.4, 0.5) is 0 Å². The van der Waals surface area contributed by atoms with E-state index in [0.29, 0.717) is 11.1 Å². The van der Waals surface area contributed by atoms with Crippen molar-refractivity contribution in [2.75, 3.05) is 7.11 Å². The molecule has 2 N–H and O–H groups in total. The number of hydrogen-bond donors (Lipinski definition) is 2. The first-order chi connectivity index (χ1) is 13.6. The lowest BCUT2D eigenvalue weighted by molar-refractivity contribution is -0.136. The summed E-state index contributed by atoms with van der Waals surface area (Å²) >= 11 is 0. The van der Waals surface area contributed by atoms with Crippen LogP contribution in [-0.4, -0.2) is 24.3 Å². The quantitative estimate of drug-likeness (QED) is 0.513. The van der Waals surface area contributed by atoms with Crippen LogP contribution in [0.2, 0.25) is 0 Å². The molecule has 3 aromatic rings. The van der Waals surface area contributed by atoms with Gasteiger partial charge in [0.15, 0.2) is 5.60 Å². The van der Waals surface area contributed by atoms with Gasteiger partial charge in [-0.2, -0.15) is 5.10 Å². The molecule has 3 aromatic carbocycles. The number of hydrazone groups is 1. The molecule has 142 valence electrons. The maximum Gasteiger partial charge on any atom is 0.281 e. The van der Waals surface area contributed by atoms with Crippen LogP contribution in [0.1, 0.15) is 22.3 Å². The molecule has 3 rings (SSSR count). The minimum absolute atomic E-state index is 0.467. The molecular weight excluding hydrogens is 352 g/mol. The summed E-state index contributed by atoms with van der Waals surface area (Å²) in [7, 11) is 1.62. The summed E-state index contributed by atoms with van der Waals surface area (Å²) < 4.78 is 5.24. The molecule has 0 aromatic heterocycles. The van der Waals surface area contributed by atoms with Crippen molar-refractivity contribution in [3.63, 3.8) is 0 Å². The summed E-state index contributed by atoms with van der Waals surface area (Å²) in [6.45, 7) is 1.93. The van der Waals surface area contributed by atoms with E-state index in [2.05, 4.69) is 10.5 Å². The normalized spacial score (nSPS) is 11.4. The first kappa shape index (κ1) is 19.3. The summed E-state index contributed by atoms with van der Waals surface area (Å²) in [4.78, 5) is 12.9. The number of carbonyl (C=O) groups excluding carboxylic acids is 1. The zero-order valence-electron chi connectivity index (χ0n) is 15.8. The number of ether oxygens (including phenoxy) is 1. The summed E-state index contributed by atoms with van der Waals surface area (Å²) in [5.41, 5.74) is 3.32. The predicted octanol–water partition coefficient (Wildman–Crippen LogP) is 3.39. The van der Waals surface area contributed by atoms with Gasteiger partial charge < -0.3 is 9.84 Å². The van der Waals surface area contributed by atoms with E-state index in [4.69, 9.17) is 4.74 Å². The summed E-state index contributed by atoms with van der Waals surface area (Å²) in [6, 6.07) is 23.2. The molecular formula is C23H22N2O3. The number of nitrogens with zero attached hydrogens (tertiary/aromatic N) is 1. The van der Waals surface area contributed by atoms with E-state index in [-0.39, 0.29) is 0 Å². The van der Waals surface area contributed by atoms with Crippen LogP contribution in [-0.2, 0) is 10.4 Å². The van der Waals surface area contributed by atoms with E-state index in [0.717, 1.165) is 16.9 Å². The van der Waals surface area contributed by atoms with Gasteiger partial charge in [-0.1, -0.05) is 60.7 Å². The molecule has 5 nitrogen and oxygen atoms in total. The van der Waals surface area contributed by atoms with E-state index in [1.54, 1.807) is 55.6 Å². The highest BCUT2D eigenvalue weighted by atomic mass is 16.5. The van der Waals surface area contributed by atoms with Crippen molar-refractivity contribution in [3.8, 4) is 5.75 Å². The fourth-order valence-corrected chi connectivity index (χ4v) is 3.02. The smallest absolute Gasteiger partial charge is 0.281 e. The number of amides is 1. The molecule has 0 saturated carbocycles. The highest BCUT2D eigenvalue weighted by molar-refractivity contribution is 5.91. The summed E-state index contributed by atoms with van der Waals surface area (Å²) in [6.07, 6.45) is 1.53. The Morgan fingerprint density at radius 1 is 1.00 bits per heavy atom. The number of aliphatic hydroxyl groups is 1. The van der Waals surface area contributed by atoms with Crippen molar-refractivity contribution >= 4 is 12.1 Å². The Labute approximate surface area is 164 Å². The number of rotatable bonds is 6. The molecule has 5 heteroatoms. The third-order valence-electron chi connectivity index (χ3n) is 4.51. The van der Waals surface area contributed by atoms with Crippen molar-refractivity contribution in [2.45, 2.75) is 12.5 Å². The molecule has 0 bridgehead atoms. The SMILES string of the molecule is COc1ccc(/C=N/NC(=O)C(O)(c2ccccc2)c2ccccc2)cc1C. The van der Waals surface area contributed by atoms with Gasteiger partial charge >= 0.3 is 0 Å². The van der Waals surface area contributed by atoms with Crippen molar-refractivity contribution < 1.29 is 14.6 Å². The molecule has 1 amide bonds. The van der Waals surface area contributed by atoms with Crippen molar-refractivity contribution in [2.24, 2.45) is 5.10 Å². The van der Waals surface area contributed by atoms with Gasteiger partial charge in [0.05, 0.1) is 13.3 Å². The maximum absolute atomic E-state index is 12.9. The van der Waals surface area contributed by atoms with Gasteiger partial charge in [0, 0.05) is 0 Å². The van der Waals surface area contributed by atoms with Crippen LogP contribution in [0.15, 0.2) is 84.0 Å². The van der Waals surface area contributed by atoms with Crippen molar-refractivity contribution in [1.29, 1.82) is 0 Å². The van der Waals surface area contributed by atoms with Gasteiger partial charge in [-0.15, -0.1) is 0 Å². The third kappa shape index (κ3) is 3.94. The van der Waals surface area contributed by atoms with Crippen LogP contribution in [0, 0.1) is 6.92 Å². The van der Waals surface area contributed by atoms with Crippen molar-refractivity contribution in [1.82, 2.24) is 5.43 Å². The van der Waals surface area contributed by atoms with E-state index in [9.17, 15) is 9.90 Å². The average molecular weight is 374 g/mol. The van der Waals surface area contributed by atoms with Gasteiger partial charge in [-0.25, -0.2) is 5.43 Å². The predicted molar refractivity (Wildman–Crippen MR) is 109 cm³/mol. The van der Waals surface area contributed by atoms with Gasteiger partial charge in [-0.3, -0.25) is 4.79 Å². The second-order valence-electron chi connectivity index (χ2n) is 6.37. The number of methoxy groups -OCH3 is 1. The highest BCUT2D eigenvalue weighted by Crippen LogP contribution is 2.29. The highest BCUT2D eigenvalue weighted by Gasteiger charge is 2.39. The monoisotopic (exact) mass is 374 g/mol. The number of hydrogen-bond acceptors (Lipinski definition) is 4. The van der Waals surface area contributed by atoms with Crippen LogP contribution < -0.4 is 10.2 Å². The lowest BCUT2D eigenvalue weighted by Crippen LogP contribution is -2.43. The van der Waals surface area contributed by atoms with E-state index in [1.807, 2.05) is 37.3 Å². The molecule has 0 spiro atoms. The van der Waals surface area contributed by atoms with Crippen LogP contribution in [0.5, 0.6) is 5.75 Å². The molecule has 0 aliphatic carbocycles. The molecule has 28 heavy (non-hydrogen) atoms. The minimum Gasteiger partial charge on any atom is -0.496 e. The number of aryl methyl sites for hydroxylation is 1. The lowest BCUT2D eigenvalue weighted by Gasteiger charge is -2.27. The Morgan fingerprint density at radius 2 is 1.57 bits per heavy atom. The number of carbonyl (C=O) groups is 1.